The van der Waals surface area contributed by atoms with Crippen LogP contribution in [0.25, 0.3) is 0 Å². The fourth-order valence-corrected chi connectivity index (χ4v) is 4.61. The highest BCUT2D eigenvalue weighted by molar-refractivity contribution is 5.03. The van der Waals surface area contributed by atoms with Gasteiger partial charge in [0, 0.05) is 99.2 Å². The molecule has 0 fully saturated rings. The summed E-state index contributed by atoms with van der Waals surface area (Å²) >= 11 is 0. The molecule has 0 spiro atoms. The van der Waals surface area contributed by atoms with E-state index in [2.05, 4.69) is 171 Å². The van der Waals surface area contributed by atoms with Gasteiger partial charge in [-0.15, -0.1) is 40.8 Å². The first kappa shape index (κ1) is 130. The normalized spacial score (nSPS) is 7.61. The van der Waals surface area contributed by atoms with Crippen LogP contribution in [0.15, 0.2) is 198 Å². The van der Waals surface area contributed by atoms with Crippen LogP contribution >= 0.6 is 0 Å². The van der Waals surface area contributed by atoms with Crippen molar-refractivity contribution >= 4 is 0 Å². The zero-order valence-electron chi connectivity index (χ0n) is 78.3. The van der Waals surface area contributed by atoms with Crippen molar-refractivity contribution in [2.45, 2.75) is 256 Å². The predicted octanol–water partition coefficient (Wildman–Crippen LogP) is 18.3. The molecule has 13 heterocycles. The quantitative estimate of drug-likeness (QED) is 0.127. The molecule has 32 nitrogen and oxygen atoms in total. The van der Waals surface area contributed by atoms with E-state index in [0.29, 0.717) is 17.5 Å². The highest BCUT2D eigenvalue weighted by Crippen LogP contribution is 1.90. The van der Waals surface area contributed by atoms with Gasteiger partial charge in [0.05, 0.1) is 53.8 Å². The van der Waals surface area contributed by atoms with Crippen molar-refractivity contribution in [3.05, 3.63) is 272 Å². The summed E-state index contributed by atoms with van der Waals surface area (Å²) in [7, 11) is 3.84. The SMILES string of the molecule is CC.CC.CC.CC.CC.CC.CC.CC.CC.CC.CC.CC.Cc1cc[n+](C)cc1.Cc1cccnn1.Cc1ccncn1.Cc1ccnnc1.Cc1cnccn1.Cc1cncnc1.Cc1cncnn1.Cc1cnncn1.Cc1ncccn1.Cc1nccnn1.Cc1ncncn1.Cc1nnc(C)nn1.Cn1ccnn1. The number of pyridine rings is 1. The molecule has 0 amide bonds. The van der Waals surface area contributed by atoms with Crippen molar-refractivity contribution in [3.8, 4) is 0 Å². The first-order chi connectivity index (χ1) is 56.4. The fraction of sp³-hybridized carbons (Fsp3) is 0.464. The van der Waals surface area contributed by atoms with Gasteiger partial charge in [0.2, 0.25) is 0 Å². The van der Waals surface area contributed by atoms with Crippen molar-refractivity contribution in [2.75, 3.05) is 0 Å². The molecule has 0 aromatic carbocycles. The molecule has 0 saturated heterocycles. The molecule has 0 aliphatic carbocycles. The van der Waals surface area contributed by atoms with Crippen LogP contribution < -0.4 is 4.57 Å². The summed E-state index contributed by atoms with van der Waals surface area (Å²) < 4.78 is 3.66. The summed E-state index contributed by atoms with van der Waals surface area (Å²) in [6.45, 7) is 72.5. The highest BCUT2D eigenvalue weighted by atomic mass is 15.4. The van der Waals surface area contributed by atoms with E-state index in [9.17, 15) is 0 Å². The van der Waals surface area contributed by atoms with Gasteiger partial charge in [0.25, 0.3) is 0 Å². The van der Waals surface area contributed by atoms with E-state index >= 15 is 0 Å². The standard InChI is InChI=1S/C7H10N.6C5H6N2.C4H6N4.4C4H5N3.C3H5N3.12C2H6/c1-7-3-5-8(2)6-4-7;1-5-2-6-4-7-3-5;1-5-4-6-2-3-7-5;1-5-2-3-6-4-7-5;1-5-2-3-6-7-4-5;1-5-6-3-2-4-7-5;1-5-3-2-4-6-7-5;1-3-5-7-4(2)8-6-3;1-4-6-2-5-3-7-4;1-4-2-6-7-3-5-4;1-4-2-5-3-6-7-4;1-4-5-2-3-6-7-4;1-6-3-2-4-5-6;12*1-2/h3-6H,1-2H3;6*2-4H,1H3;1-2H3;4*2-3H,1H3;2-3H,1H3;12*1-2H3/q+1;;;;;;;;;;;;;;;;;;;;;;;;. The van der Waals surface area contributed by atoms with Crippen LogP contribution in [0.1, 0.15) is 240 Å². The van der Waals surface area contributed by atoms with Gasteiger partial charge < -0.3 is 0 Å². The second kappa shape index (κ2) is 118. The van der Waals surface area contributed by atoms with Gasteiger partial charge in [-0.3, -0.25) is 14.6 Å². The second-order valence-corrected chi connectivity index (χ2v) is 17.7. The lowest BCUT2D eigenvalue weighted by atomic mass is 10.3. The molecule has 0 atom stereocenters. The molecule has 32 heteroatoms. The van der Waals surface area contributed by atoms with Crippen LogP contribution in [0.4, 0.5) is 0 Å². The average Bonchev–Trinajstić information content (AvgIpc) is 1.13. The van der Waals surface area contributed by atoms with Crippen molar-refractivity contribution in [3.63, 3.8) is 0 Å². The van der Waals surface area contributed by atoms with E-state index in [4.69, 9.17) is 0 Å². The van der Waals surface area contributed by atoms with Crippen LogP contribution in [0.3, 0.4) is 0 Å². The Kier molecular flexibility index (Phi) is 133. The maximum absolute atomic E-state index is 3.92. The van der Waals surface area contributed by atoms with Gasteiger partial charge in [-0.25, -0.2) is 64.4 Å². The van der Waals surface area contributed by atoms with Crippen molar-refractivity contribution < 1.29 is 4.57 Å². The third-order valence-corrected chi connectivity index (χ3v) is 9.05. The van der Waals surface area contributed by atoms with E-state index in [1.165, 1.54) is 43.5 Å². The Morgan fingerprint density at radius 1 is 0.233 bits per heavy atom. The van der Waals surface area contributed by atoms with Gasteiger partial charge in [-0.1, -0.05) is 171 Å². The predicted molar refractivity (Wildman–Crippen MR) is 476 cm³/mol. The third kappa shape index (κ3) is 115. The smallest absolute Gasteiger partial charge is 0.170 e. The molecule has 0 bridgehead atoms. The number of aromatic nitrogens is 32. The molecule has 0 unspecified atom stereocenters. The molecule has 0 saturated carbocycles. The summed E-state index contributed by atoms with van der Waals surface area (Å²) in [5.74, 6) is 3.51. The van der Waals surface area contributed by atoms with Crippen molar-refractivity contribution in [1.29, 1.82) is 0 Å². The number of hydrogen-bond donors (Lipinski definition) is 0. The lowest BCUT2D eigenvalue weighted by Crippen LogP contribution is -2.25. The minimum absolute atomic E-state index is 0.607. The molecule has 0 N–H and O–H groups in total. The molecule has 0 aliphatic heterocycles. The molecular formula is C84H149N32+. The van der Waals surface area contributed by atoms with Crippen LogP contribution in [-0.2, 0) is 14.1 Å². The van der Waals surface area contributed by atoms with Gasteiger partial charge in [-0.05, 0) is 137 Å². The first-order valence-electron chi connectivity index (χ1n) is 39.4. The molecular weight excluding hydrogens is 1460 g/mol. The second-order valence-electron chi connectivity index (χ2n) is 17.7. The molecule has 116 heavy (non-hydrogen) atoms. The Hall–Kier alpha value is -12.2. The number of aryl methyl sites for hydroxylation is 15. The van der Waals surface area contributed by atoms with E-state index < -0.39 is 0 Å². The van der Waals surface area contributed by atoms with Crippen LogP contribution in [-0.4, -0.2) is 156 Å². The van der Waals surface area contributed by atoms with E-state index in [1.807, 2.05) is 284 Å². The summed E-state index contributed by atoms with van der Waals surface area (Å²) in [6, 6.07) is 13.5. The van der Waals surface area contributed by atoms with Gasteiger partial charge in [0.15, 0.2) is 24.0 Å². The summed E-state index contributed by atoms with van der Waals surface area (Å²) in [4.78, 5) is 53.1. The number of nitrogens with zero attached hydrogens (tertiary/aromatic N) is 32. The lowest BCUT2D eigenvalue weighted by molar-refractivity contribution is -0.671. The van der Waals surface area contributed by atoms with Crippen LogP contribution in [0.5, 0.6) is 0 Å². The molecule has 13 aromatic rings. The highest BCUT2D eigenvalue weighted by Gasteiger charge is 1.88. The number of hydrogen-bond acceptors (Lipinski definition) is 30. The minimum Gasteiger partial charge on any atom is -0.261 e. The van der Waals surface area contributed by atoms with Crippen molar-refractivity contribution in [1.82, 2.24) is 156 Å². The molecule has 13 rings (SSSR count). The third-order valence-electron chi connectivity index (χ3n) is 9.05. The maximum atomic E-state index is 3.92. The summed E-state index contributed by atoms with van der Waals surface area (Å²) in [6.07, 6.45) is 41.6. The Labute approximate surface area is 700 Å². The zero-order chi connectivity index (χ0) is 91.5. The number of rotatable bonds is 0. The monoisotopic (exact) mass is 1610 g/mol. The Balaban J connectivity index is -0.0000000988. The molecule has 0 radical (unpaired) electrons. The van der Waals surface area contributed by atoms with E-state index in [1.54, 1.807) is 137 Å². The minimum atomic E-state index is 0.607. The lowest BCUT2D eigenvalue weighted by Gasteiger charge is -1.85. The first-order valence-corrected chi connectivity index (χ1v) is 39.4. The Morgan fingerprint density at radius 2 is 0.698 bits per heavy atom. The maximum Gasteiger partial charge on any atom is 0.170 e. The van der Waals surface area contributed by atoms with Crippen LogP contribution in [0, 0.1) is 90.0 Å². The fourth-order valence-electron chi connectivity index (χ4n) is 4.61. The largest absolute Gasteiger partial charge is 0.261 e. The summed E-state index contributed by atoms with van der Waals surface area (Å²) in [5, 5.41) is 57.8. The topological polar surface area (TPSA) is 396 Å². The molecule has 644 valence electrons. The summed E-state index contributed by atoms with van der Waals surface area (Å²) in [5.41, 5.74) is 8.23. The van der Waals surface area contributed by atoms with E-state index in [-0.39, 0.29) is 0 Å². The van der Waals surface area contributed by atoms with E-state index in [0.717, 1.165) is 51.2 Å². The zero-order valence-corrected chi connectivity index (χ0v) is 78.3. The van der Waals surface area contributed by atoms with Crippen LogP contribution in [0.2, 0.25) is 0 Å². The Bertz CT molecular complexity index is 2940. The Morgan fingerprint density at radius 3 is 0.922 bits per heavy atom. The van der Waals surface area contributed by atoms with Crippen molar-refractivity contribution in [2.24, 2.45) is 14.1 Å². The molecule has 13 aromatic heterocycles. The van der Waals surface area contributed by atoms with Gasteiger partial charge in [-0.2, -0.15) is 35.7 Å². The van der Waals surface area contributed by atoms with Gasteiger partial charge >= 0.3 is 0 Å². The molecule has 0 aliphatic rings. The average molecular weight is 1610 g/mol. The van der Waals surface area contributed by atoms with Gasteiger partial charge in [0.1, 0.15) is 62.5 Å².